The Morgan fingerprint density at radius 3 is 2.05 bits per heavy atom. The van der Waals surface area contributed by atoms with Crippen LogP contribution < -0.4 is 0 Å². The van der Waals surface area contributed by atoms with E-state index in [1.165, 1.54) is 25.7 Å². The molecule has 0 N–H and O–H groups in total. The molecule has 1 heterocycles. The first kappa shape index (κ1) is 15.8. The van der Waals surface area contributed by atoms with E-state index in [0.717, 1.165) is 28.9 Å². The first-order chi connectivity index (χ1) is 9.40. The monoisotopic (exact) mass is 294 g/mol. The minimum atomic E-state index is 0.383. The van der Waals surface area contributed by atoms with Crippen molar-refractivity contribution < 1.29 is 0 Å². The van der Waals surface area contributed by atoms with Gasteiger partial charge in [-0.05, 0) is 50.4 Å². The van der Waals surface area contributed by atoms with Crippen LogP contribution in [0.15, 0.2) is 0 Å². The van der Waals surface area contributed by atoms with Gasteiger partial charge in [0.1, 0.15) is 11.0 Å². The molecule has 1 aromatic heterocycles. The fourth-order valence-electron chi connectivity index (χ4n) is 3.45. The quantitative estimate of drug-likeness (QED) is 0.689. The molecular formula is C17H27ClN2. The van der Waals surface area contributed by atoms with Gasteiger partial charge < -0.3 is 0 Å². The van der Waals surface area contributed by atoms with Crippen molar-refractivity contribution in [2.75, 3.05) is 0 Å². The van der Waals surface area contributed by atoms with Crippen molar-refractivity contribution in [1.82, 2.24) is 9.97 Å². The van der Waals surface area contributed by atoms with Crippen LogP contribution in [0.2, 0.25) is 5.15 Å². The highest BCUT2D eigenvalue weighted by atomic mass is 35.5. The number of halogens is 1. The molecule has 1 aliphatic carbocycles. The fraction of sp³-hybridized carbons (Fsp3) is 0.765. The first-order valence-corrected chi connectivity index (χ1v) is 8.31. The van der Waals surface area contributed by atoms with Crippen LogP contribution in [-0.4, -0.2) is 9.97 Å². The van der Waals surface area contributed by atoms with E-state index < -0.39 is 0 Å². The highest BCUT2D eigenvalue weighted by molar-refractivity contribution is 6.30. The second kappa shape index (κ2) is 6.43. The van der Waals surface area contributed by atoms with E-state index in [0.29, 0.717) is 17.0 Å². The van der Waals surface area contributed by atoms with Crippen molar-refractivity contribution in [3.8, 4) is 0 Å². The Bertz CT molecular complexity index is 437. The molecule has 112 valence electrons. The third-order valence-corrected chi connectivity index (χ3v) is 5.05. The highest BCUT2D eigenvalue weighted by Gasteiger charge is 2.27. The average Bonchev–Trinajstić information content (AvgIpc) is 2.37. The zero-order valence-electron chi connectivity index (χ0n) is 13.4. The number of hydrogen-bond acceptors (Lipinski definition) is 2. The van der Waals surface area contributed by atoms with Gasteiger partial charge in [0.2, 0.25) is 0 Å². The topological polar surface area (TPSA) is 25.8 Å². The van der Waals surface area contributed by atoms with Gasteiger partial charge in [0.05, 0.1) is 0 Å². The molecule has 2 nitrogen and oxygen atoms in total. The van der Waals surface area contributed by atoms with Gasteiger partial charge in [-0.15, -0.1) is 0 Å². The van der Waals surface area contributed by atoms with Crippen molar-refractivity contribution in [1.29, 1.82) is 0 Å². The average molecular weight is 295 g/mol. The summed E-state index contributed by atoms with van der Waals surface area (Å²) in [5.41, 5.74) is 2.16. The molecule has 0 bridgehead atoms. The van der Waals surface area contributed by atoms with Gasteiger partial charge in [0, 0.05) is 17.2 Å². The van der Waals surface area contributed by atoms with Gasteiger partial charge >= 0.3 is 0 Å². The summed E-state index contributed by atoms with van der Waals surface area (Å²) in [5, 5.41) is 0.661. The summed E-state index contributed by atoms with van der Waals surface area (Å²) < 4.78 is 0. The SMILES string of the molecule is Cc1nc(C2CCC(C(C)C)CC2)nc(Cl)c1C(C)C. The molecule has 0 saturated heterocycles. The van der Waals surface area contributed by atoms with E-state index >= 15 is 0 Å². The molecule has 0 unspecified atom stereocenters. The molecular weight excluding hydrogens is 268 g/mol. The van der Waals surface area contributed by atoms with Crippen LogP contribution in [0.4, 0.5) is 0 Å². The van der Waals surface area contributed by atoms with E-state index in [9.17, 15) is 0 Å². The van der Waals surface area contributed by atoms with Gasteiger partial charge in [0.25, 0.3) is 0 Å². The third kappa shape index (κ3) is 3.33. The summed E-state index contributed by atoms with van der Waals surface area (Å²) in [6.45, 7) is 11.0. The molecule has 0 aromatic carbocycles. The minimum Gasteiger partial charge on any atom is -0.238 e. The molecule has 0 aliphatic heterocycles. The lowest BCUT2D eigenvalue weighted by Crippen LogP contribution is -2.19. The molecule has 1 aromatic rings. The lowest BCUT2D eigenvalue weighted by Gasteiger charge is -2.30. The van der Waals surface area contributed by atoms with Crippen LogP contribution in [0.1, 0.15) is 82.3 Å². The first-order valence-electron chi connectivity index (χ1n) is 7.94. The maximum Gasteiger partial charge on any atom is 0.136 e. The molecule has 0 atom stereocenters. The van der Waals surface area contributed by atoms with Crippen LogP contribution in [0.3, 0.4) is 0 Å². The Balaban J connectivity index is 2.15. The molecule has 20 heavy (non-hydrogen) atoms. The molecule has 1 saturated carbocycles. The number of hydrogen-bond donors (Lipinski definition) is 0. The largest absolute Gasteiger partial charge is 0.238 e. The zero-order chi connectivity index (χ0) is 14.9. The molecule has 0 spiro atoms. The Morgan fingerprint density at radius 2 is 1.60 bits per heavy atom. The Morgan fingerprint density at radius 1 is 1.00 bits per heavy atom. The summed E-state index contributed by atoms with van der Waals surface area (Å²) in [6, 6.07) is 0. The van der Waals surface area contributed by atoms with Gasteiger partial charge in [-0.1, -0.05) is 39.3 Å². The summed E-state index contributed by atoms with van der Waals surface area (Å²) in [6.07, 6.45) is 5.02. The molecule has 3 heteroatoms. The third-order valence-electron chi connectivity index (χ3n) is 4.76. The number of rotatable bonds is 3. The smallest absolute Gasteiger partial charge is 0.136 e. The molecule has 1 aliphatic rings. The van der Waals surface area contributed by atoms with E-state index in [1.54, 1.807) is 0 Å². The summed E-state index contributed by atoms with van der Waals surface area (Å²) >= 11 is 6.38. The van der Waals surface area contributed by atoms with Crippen LogP contribution in [0, 0.1) is 18.8 Å². The van der Waals surface area contributed by atoms with Crippen molar-refractivity contribution in [2.24, 2.45) is 11.8 Å². The Hall–Kier alpha value is -0.630. The van der Waals surface area contributed by atoms with Gasteiger partial charge in [0.15, 0.2) is 0 Å². The number of aryl methyl sites for hydroxylation is 1. The maximum atomic E-state index is 6.38. The van der Waals surface area contributed by atoms with Crippen LogP contribution >= 0.6 is 11.6 Å². The lowest BCUT2D eigenvalue weighted by atomic mass is 9.76. The fourth-order valence-corrected chi connectivity index (χ4v) is 3.89. The Labute approximate surface area is 128 Å². The van der Waals surface area contributed by atoms with Crippen molar-refractivity contribution in [3.05, 3.63) is 22.2 Å². The van der Waals surface area contributed by atoms with Crippen molar-refractivity contribution in [2.45, 2.75) is 72.1 Å². The Kier molecular flexibility index (Phi) is 5.06. The van der Waals surface area contributed by atoms with E-state index in [4.69, 9.17) is 16.6 Å². The summed E-state index contributed by atoms with van der Waals surface area (Å²) in [5.74, 6) is 3.53. The zero-order valence-corrected chi connectivity index (χ0v) is 14.2. The van der Waals surface area contributed by atoms with Crippen LogP contribution in [-0.2, 0) is 0 Å². The number of nitrogens with zero attached hydrogens (tertiary/aromatic N) is 2. The normalized spacial score (nSPS) is 23.6. The van der Waals surface area contributed by atoms with E-state index in [2.05, 4.69) is 39.6 Å². The van der Waals surface area contributed by atoms with E-state index in [-0.39, 0.29) is 0 Å². The second-order valence-electron chi connectivity index (χ2n) is 6.88. The molecule has 2 rings (SSSR count). The molecule has 1 fully saturated rings. The minimum absolute atomic E-state index is 0.383. The highest BCUT2D eigenvalue weighted by Crippen LogP contribution is 2.38. The molecule has 0 amide bonds. The second-order valence-corrected chi connectivity index (χ2v) is 7.24. The maximum absolute atomic E-state index is 6.38. The van der Waals surface area contributed by atoms with Gasteiger partial charge in [-0.25, -0.2) is 9.97 Å². The number of aromatic nitrogens is 2. The predicted octanol–water partition coefficient (Wildman–Crippen LogP) is 5.49. The van der Waals surface area contributed by atoms with Gasteiger partial charge in [-0.3, -0.25) is 0 Å². The van der Waals surface area contributed by atoms with Crippen molar-refractivity contribution in [3.63, 3.8) is 0 Å². The predicted molar refractivity (Wildman–Crippen MR) is 85.4 cm³/mol. The van der Waals surface area contributed by atoms with Crippen LogP contribution in [0.5, 0.6) is 0 Å². The van der Waals surface area contributed by atoms with Crippen molar-refractivity contribution >= 4 is 11.6 Å². The summed E-state index contributed by atoms with van der Waals surface area (Å²) in [7, 11) is 0. The molecule has 0 radical (unpaired) electrons. The summed E-state index contributed by atoms with van der Waals surface area (Å²) in [4.78, 5) is 9.36. The van der Waals surface area contributed by atoms with Gasteiger partial charge in [-0.2, -0.15) is 0 Å². The lowest BCUT2D eigenvalue weighted by molar-refractivity contribution is 0.254. The van der Waals surface area contributed by atoms with Crippen LogP contribution in [0.25, 0.3) is 0 Å². The standard InChI is InChI=1S/C17H27ClN2/c1-10(2)13-6-8-14(9-7-13)17-19-12(5)15(11(3)4)16(18)20-17/h10-11,13-14H,6-9H2,1-5H3. The van der Waals surface area contributed by atoms with E-state index in [1.807, 2.05) is 0 Å².